The van der Waals surface area contributed by atoms with Gasteiger partial charge in [-0.1, -0.05) is 36.4 Å². The number of allylic oxidation sites excluding steroid dienone is 1. The van der Waals surface area contributed by atoms with Crippen molar-refractivity contribution < 1.29 is 0 Å². The van der Waals surface area contributed by atoms with Crippen LogP contribution in [0.3, 0.4) is 0 Å². The van der Waals surface area contributed by atoms with Crippen molar-refractivity contribution in [2.24, 2.45) is 0 Å². The van der Waals surface area contributed by atoms with Crippen molar-refractivity contribution in [1.29, 1.82) is 0 Å². The van der Waals surface area contributed by atoms with Crippen LogP contribution < -0.4 is 0 Å². The molecule has 0 amide bonds. The van der Waals surface area contributed by atoms with Crippen LogP contribution in [-0.4, -0.2) is 0 Å². The summed E-state index contributed by atoms with van der Waals surface area (Å²) >= 11 is 1.83. The van der Waals surface area contributed by atoms with Gasteiger partial charge in [0.15, 0.2) is 0 Å². The number of hydrogen-bond donors (Lipinski definition) is 0. The zero-order valence-corrected chi connectivity index (χ0v) is 9.90. The second-order valence-corrected chi connectivity index (χ2v) is 4.89. The van der Waals surface area contributed by atoms with Crippen LogP contribution in [0.4, 0.5) is 0 Å². The highest BCUT2D eigenvalue weighted by Gasteiger charge is 2.06. The van der Waals surface area contributed by atoms with Gasteiger partial charge in [0.2, 0.25) is 0 Å². The molecule has 1 heterocycles. The maximum atomic E-state index is 3.90. The van der Waals surface area contributed by atoms with E-state index in [1.165, 1.54) is 26.1 Å². The van der Waals surface area contributed by atoms with Crippen molar-refractivity contribution in [3.05, 3.63) is 46.9 Å². The van der Waals surface area contributed by atoms with Crippen LogP contribution in [-0.2, 0) is 0 Å². The van der Waals surface area contributed by atoms with Crippen LogP contribution in [0.25, 0.3) is 22.2 Å². The summed E-state index contributed by atoms with van der Waals surface area (Å²) in [4.78, 5) is 1.31. The smallest absolute Gasteiger partial charge is 0.0355 e. The molecule has 0 saturated heterocycles. The molecule has 15 heavy (non-hydrogen) atoms. The fraction of sp³-hybridized carbons (Fsp3) is 0.143. The Kier molecular flexibility index (Phi) is 2.74. The van der Waals surface area contributed by atoms with E-state index >= 15 is 0 Å². The Morgan fingerprint density at radius 2 is 2.00 bits per heavy atom. The lowest BCUT2D eigenvalue weighted by molar-refractivity contribution is 1.43. The molecule has 1 aromatic carbocycles. The lowest BCUT2D eigenvalue weighted by Gasteiger charge is -1.93. The molecule has 0 aliphatic heterocycles. The number of fused-ring (bicyclic) bond motifs is 1. The molecule has 0 radical (unpaired) electrons. The van der Waals surface area contributed by atoms with E-state index in [1.807, 2.05) is 17.4 Å². The van der Waals surface area contributed by atoms with E-state index in [0.717, 1.165) is 0 Å². The molecule has 0 aliphatic rings. The third-order valence-electron chi connectivity index (χ3n) is 2.29. The molecule has 76 valence electrons. The minimum atomic E-state index is 1.26. The van der Waals surface area contributed by atoms with Gasteiger partial charge in [0, 0.05) is 15.0 Å². The van der Waals surface area contributed by atoms with Crippen LogP contribution in [0, 0.1) is 0 Å². The minimum absolute atomic E-state index is 1.26. The monoisotopic (exact) mass is 214 g/mol. The Hall–Kier alpha value is -1.34. The second kappa shape index (κ2) is 4.03. The van der Waals surface area contributed by atoms with Gasteiger partial charge in [0.25, 0.3) is 0 Å². The van der Waals surface area contributed by atoms with Crippen LogP contribution in [0.1, 0.15) is 24.3 Å². The van der Waals surface area contributed by atoms with Crippen molar-refractivity contribution in [3.8, 4) is 0 Å². The fourth-order valence-electron chi connectivity index (χ4n) is 1.66. The molecule has 0 aliphatic carbocycles. The second-order valence-electron chi connectivity index (χ2n) is 3.80. The van der Waals surface area contributed by atoms with E-state index in [-0.39, 0.29) is 0 Å². The molecule has 0 saturated carbocycles. The summed E-state index contributed by atoms with van der Waals surface area (Å²) in [5.41, 5.74) is 2.58. The first-order valence-corrected chi connectivity index (χ1v) is 5.83. The largest absolute Gasteiger partial charge is 0.135 e. The molecular weight excluding hydrogens is 200 g/mol. The Morgan fingerprint density at radius 1 is 1.27 bits per heavy atom. The maximum Gasteiger partial charge on any atom is 0.0355 e. The first-order chi connectivity index (χ1) is 7.22. The topological polar surface area (TPSA) is 0 Å². The first-order valence-electron chi connectivity index (χ1n) is 5.01. The number of benzene rings is 1. The van der Waals surface area contributed by atoms with E-state index in [4.69, 9.17) is 0 Å². The molecule has 0 N–H and O–H groups in total. The molecule has 0 unspecified atom stereocenters. The normalized spacial score (nSPS) is 10.3. The molecular formula is C14H14S. The van der Waals surface area contributed by atoms with Gasteiger partial charge < -0.3 is 0 Å². The molecule has 1 aromatic heterocycles. The number of thiophene rings is 1. The molecule has 0 spiro atoms. The van der Waals surface area contributed by atoms with E-state index in [0.29, 0.717) is 0 Å². The Labute approximate surface area is 94.6 Å². The highest BCUT2D eigenvalue weighted by atomic mass is 32.1. The van der Waals surface area contributed by atoms with Gasteiger partial charge in [0.05, 0.1) is 0 Å². The van der Waals surface area contributed by atoms with E-state index in [9.17, 15) is 0 Å². The number of hydrogen-bond acceptors (Lipinski definition) is 1. The SMILES string of the molecule is C=Cc1c(C=C(C)C)sc2ccccc12. The molecule has 1 heteroatoms. The van der Waals surface area contributed by atoms with Crippen molar-refractivity contribution in [2.75, 3.05) is 0 Å². The van der Waals surface area contributed by atoms with Crippen molar-refractivity contribution in [1.82, 2.24) is 0 Å². The van der Waals surface area contributed by atoms with Crippen molar-refractivity contribution in [2.45, 2.75) is 13.8 Å². The fourth-order valence-corrected chi connectivity index (χ4v) is 2.93. The summed E-state index contributed by atoms with van der Waals surface area (Å²) in [6, 6.07) is 8.48. The van der Waals surface area contributed by atoms with Crippen molar-refractivity contribution in [3.63, 3.8) is 0 Å². The average Bonchev–Trinajstić information content (AvgIpc) is 2.53. The van der Waals surface area contributed by atoms with Gasteiger partial charge in [-0.05, 0) is 31.6 Å². The lowest BCUT2D eigenvalue weighted by Crippen LogP contribution is -1.72. The van der Waals surface area contributed by atoms with Crippen LogP contribution in [0.5, 0.6) is 0 Å². The zero-order chi connectivity index (χ0) is 10.8. The quantitative estimate of drug-likeness (QED) is 0.662. The summed E-state index contributed by atoms with van der Waals surface area (Å²) in [5.74, 6) is 0. The van der Waals surface area contributed by atoms with Gasteiger partial charge in [-0.25, -0.2) is 0 Å². The predicted octanol–water partition coefficient (Wildman–Crippen LogP) is 4.97. The third kappa shape index (κ3) is 1.88. The Balaban J connectivity index is 2.75. The average molecular weight is 214 g/mol. The third-order valence-corrected chi connectivity index (χ3v) is 3.42. The summed E-state index contributed by atoms with van der Waals surface area (Å²) in [6.45, 7) is 8.14. The van der Waals surface area contributed by atoms with Crippen LogP contribution in [0.15, 0.2) is 36.4 Å². The predicted molar refractivity (Wildman–Crippen MR) is 71.2 cm³/mol. The van der Waals surface area contributed by atoms with Gasteiger partial charge in [-0.3, -0.25) is 0 Å². The molecule has 0 nitrogen and oxygen atoms in total. The summed E-state index contributed by atoms with van der Waals surface area (Å²) in [7, 11) is 0. The van der Waals surface area contributed by atoms with Gasteiger partial charge in [-0.2, -0.15) is 0 Å². The van der Waals surface area contributed by atoms with E-state index in [2.05, 4.69) is 50.8 Å². The van der Waals surface area contributed by atoms with Gasteiger partial charge in [-0.15, -0.1) is 11.3 Å². The zero-order valence-electron chi connectivity index (χ0n) is 9.08. The number of rotatable bonds is 2. The van der Waals surface area contributed by atoms with E-state index in [1.54, 1.807) is 0 Å². The minimum Gasteiger partial charge on any atom is -0.135 e. The highest BCUT2D eigenvalue weighted by molar-refractivity contribution is 7.20. The van der Waals surface area contributed by atoms with Crippen LogP contribution >= 0.6 is 11.3 Å². The Morgan fingerprint density at radius 3 is 2.67 bits per heavy atom. The molecule has 2 aromatic rings. The van der Waals surface area contributed by atoms with Crippen molar-refractivity contribution >= 4 is 33.6 Å². The van der Waals surface area contributed by atoms with Gasteiger partial charge in [0.1, 0.15) is 0 Å². The van der Waals surface area contributed by atoms with E-state index < -0.39 is 0 Å². The standard InChI is InChI=1S/C14H14S/c1-4-11-12-7-5-6-8-13(12)15-14(11)9-10(2)3/h4-9H,1H2,2-3H3. The molecule has 2 rings (SSSR count). The van der Waals surface area contributed by atoms with Gasteiger partial charge >= 0.3 is 0 Å². The van der Waals surface area contributed by atoms with Crippen LogP contribution in [0.2, 0.25) is 0 Å². The maximum absolute atomic E-state index is 3.90. The molecule has 0 fully saturated rings. The molecule has 0 bridgehead atoms. The summed E-state index contributed by atoms with van der Waals surface area (Å²) in [5, 5.41) is 1.31. The molecule has 0 atom stereocenters. The first kappa shape index (κ1) is 10.2. The summed E-state index contributed by atoms with van der Waals surface area (Å²) < 4.78 is 1.33. The Bertz CT molecular complexity index is 525. The highest BCUT2D eigenvalue weighted by Crippen LogP contribution is 2.33. The summed E-state index contributed by atoms with van der Waals surface area (Å²) in [6.07, 6.45) is 4.18. The lowest BCUT2D eigenvalue weighted by atomic mass is 10.1.